The van der Waals surface area contributed by atoms with Gasteiger partial charge in [0.05, 0.1) is 6.54 Å². The van der Waals surface area contributed by atoms with Crippen LogP contribution in [0.1, 0.15) is 41.4 Å². The van der Waals surface area contributed by atoms with Crippen LogP contribution >= 0.6 is 12.4 Å². The number of hydrogen-bond donors (Lipinski definition) is 2. The van der Waals surface area contributed by atoms with E-state index in [0.29, 0.717) is 17.8 Å². The topological polar surface area (TPSA) is 61.4 Å². The third kappa shape index (κ3) is 5.64. The number of hydrogen-bond acceptors (Lipinski definition) is 4. The van der Waals surface area contributed by atoms with Gasteiger partial charge in [-0.05, 0) is 36.6 Å². The molecule has 1 atom stereocenters. The summed E-state index contributed by atoms with van der Waals surface area (Å²) < 4.78 is 0. The van der Waals surface area contributed by atoms with Gasteiger partial charge in [-0.1, -0.05) is 43.3 Å². The van der Waals surface area contributed by atoms with Crippen LogP contribution in [0.25, 0.3) is 0 Å². The monoisotopic (exact) mass is 401 g/mol. The number of aryl methyl sites for hydroxylation is 1. The number of halogens is 1. The molecule has 0 spiro atoms. The second-order valence-corrected chi connectivity index (χ2v) is 6.97. The van der Waals surface area contributed by atoms with Crippen LogP contribution in [-0.2, 0) is 11.2 Å². The molecule has 150 valence electrons. The van der Waals surface area contributed by atoms with E-state index in [1.54, 1.807) is 18.2 Å². The largest absolute Gasteiger partial charge is 0.325 e. The summed E-state index contributed by atoms with van der Waals surface area (Å²) in [5.41, 5.74) is 3.80. The number of carbonyl (C=O) groups excluding carboxylic acids is 2. The molecular formula is C22H28ClN3O2. The Bertz CT molecular complexity index is 808. The second kappa shape index (κ2) is 10.4. The van der Waals surface area contributed by atoms with Crippen molar-refractivity contribution in [2.45, 2.75) is 26.3 Å². The van der Waals surface area contributed by atoms with Crippen molar-refractivity contribution in [1.82, 2.24) is 10.2 Å². The zero-order chi connectivity index (χ0) is 19.2. The molecule has 28 heavy (non-hydrogen) atoms. The predicted octanol–water partition coefficient (Wildman–Crippen LogP) is 3.46. The van der Waals surface area contributed by atoms with E-state index in [1.165, 1.54) is 18.1 Å². The van der Waals surface area contributed by atoms with Gasteiger partial charge in [-0.2, -0.15) is 0 Å². The first-order valence-corrected chi connectivity index (χ1v) is 9.51. The van der Waals surface area contributed by atoms with Crippen molar-refractivity contribution < 1.29 is 9.59 Å². The average Bonchev–Trinajstić information content (AvgIpc) is 2.68. The van der Waals surface area contributed by atoms with Crippen LogP contribution in [0.5, 0.6) is 0 Å². The van der Waals surface area contributed by atoms with E-state index < -0.39 is 0 Å². The van der Waals surface area contributed by atoms with Crippen molar-refractivity contribution >= 4 is 29.8 Å². The Morgan fingerprint density at radius 3 is 2.61 bits per heavy atom. The number of rotatable bonds is 6. The summed E-state index contributed by atoms with van der Waals surface area (Å²) in [5, 5.41) is 6.35. The van der Waals surface area contributed by atoms with Gasteiger partial charge < -0.3 is 10.6 Å². The molecule has 3 rings (SSSR count). The number of nitrogens with zero attached hydrogens (tertiary/aromatic N) is 1. The quantitative estimate of drug-likeness (QED) is 0.728. The lowest BCUT2D eigenvalue weighted by molar-refractivity contribution is -0.118. The average molecular weight is 402 g/mol. The van der Waals surface area contributed by atoms with E-state index in [4.69, 9.17) is 0 Å². The smallest absolute Gasteiger partial charge is 0.238 e. The van der Waals surface area contributed by atoms with Gasteiger partial charge in [-0.15, -0.1) is 12.4 Å². The summed E-state index contributed by atoms with van der Waals surface area (Å²) in [6.45, 7) is 6.52. The van der Waals surface area contributed by atoms with Gasteiger partial charge in [-0.25, -0.2) is 0 Å². The summed E-state index contributed by atoms with van der Waals surface area (Å²) >= 11 is 0. The molecule has 0 aliphatic carbocycles. The third-order valence-electron chi connectivity index (χ3n) is 5.03. The maximum atomic E-state index is 12.6. The first-order chi connectivity index (χ1) is 13.1. The van der Waals surface area contributed by atoms with Crippen LogP contribution in [0.3, 0.4) is 0 Å². The predicted molar refractivity (Wildman–Crippen MR) is 115 cm³/mol. The van der Waals surface area contributed by atoms with Crippen LogP contribution < -0.4 is 10.6 Å². The highest BCUT2D eigenvalue weighted by Gasteiger charge is 2.25. The van der Waals surface area contributed by atoms with Gasteiger partial charge in [-0.3, -0.25) is 14.5 Å². The number of benzene rings is 2. The fourth-order valence-electron chi connectivity index (χ4n) is 3.44. The Morgan fingerprint density at radius 1 is 1.18 bits per heavy atom. The minimum absolute atomic E-state index is 0. The van der Waals surface area contributed by atoms with E-state index in [1.807, 2.05) is 6.07 Å². The number of nitrogens with one attached hydrogen (secondary N) is 2. The highest BCUT2D eigenvalue weighted by molar-refractivity contribution is 5.97. The normalized spacial score (nSPS) is 16.9. The molecular weight excluding hydrogens is 374 g/mol. The third-order valence-corrected chi connectivity index (χ3v) is 5.03. The van der Waals surface area contributed by atoms with Crippen molar-refractivity contribution in [3.8, 4) is 0 Å². The van der Waals surface area contributed by atoms with Gasteiger partial charge in [0.2, 0.25) is 5.91 Å². The SMILES string of the molecule is CCc1ccc(C2CNCCN2CC(=O)Nc2cccc(C(C)=O)c2)cc1.Cl. The molecule has 2 N–H and O–H groups in total. The molecule has 2 aromatic rings. The maximum absolute atomic E-state index is 12.6. The Morgan fingerprint density at radius 2 is 1.93 bits per heavy atom. The Balaban J connectivity index is 0.00000280. The molecule has 2 aromatic carbocycles. The first kappa shape index (κ1) is 22.1. The van der Waals surface area contributed by atoms with Crippen molar-refractivity contribution in [2.75, 3.05) is 31.5 Å². The van der Waals surface area contributed by atoms with Crippen LogP contribution in [0.2, 0.25) is 0 Å². The second-order valence-electron chi connectivity index (χ2n) is 6.97. The van der Waals surface area contributed by atoms with Crippen LogP contribution in [0.4, 0.5) is 5.69 Å². The summed E-state index contributed by atoms with van der Waals surface area (Å²) in [4.78, 5) is 26.3. The summed E-state index contributed by atoms with van der Waals surface area (Å²) in [7, 11) is 0. The van der Waals surface area contributed by atoms with Crippen LogP contribution in [0, 0.1) is 0 Å². The zero-order valence-electron chi connectivity index (χ0n) is 16.4. The standard InChI is InChI=1S/C22H27N3O2.ClH/c1-3-17-7-9-18(10-8-17)21-14-23-11-12-25(21)15-22(27)24-20-6-4-5-19(13-20)16(2)26;/h4-10,13,21,23H,3,11-12,14-15H2,1-2H3,(H,24,27);1H. The highest BCUT2D eigenvalue weighted by atomic mass is 35.5. The first-order valence-electron chi connectivity index (χ1n) is 9.51. The van der Waals surface area contributed by atoms with E-state index in [9.17, 15) is 9.59 Å². The lowest BCUT2D eigenvalue weighted by Gasteiger charge is -2.36. The lowest BCUT2D eigenvalue weighted by atomic mass is 10.0. The van der Waals surface area contributed by atoms with E-state index in [-0.39, 0.29) is 30.1 Å². The Hall–Kier alpha value is -2.21. The fourth-order valence-corrected chi connectivity index (χ4v) is 3.44. The minimum atomic E-state index is -0.0622. The van der Waals surface area contributed by atoms with Gasteiger partial charge in [0.25, 0.3) is 0 Å². The molecule has 0 bridgehead atoms. The molecule has 1 aliphatic rings. The van der Waals surface area contributed by atoms with Gasteiger partial charge in [0, 0.05) is 36.9 Å². The molecule has 1 heterocycles. The summed E-state index contributed by atoms with van der Waals surface area (Å²) in [5.74, 6) is -0.0726. The molecule has 5 nitrogen and oxygen atoms in total. The molecule has 0 saturated carbocycles. The van der Waals surface area contributed by atoms with Gasteiger partial charge in [0.15, 0.2) is 5.78 Å². The molecule has 0 radical (unpaired) electrons. The number of ketones is 1. The molecule has 1 amide bonds. The van der Waals surface area contributed by atoms with Crippen molar-refractivity contribution in [3.63, 3.8) is 0 Å². The zero-order valence-corrected chi connectivity index (χ0v) is 17.2. The van der Waals surface area contributed by atoms with E-state index in [2.05, 4.69) is 46.7 Å². The van der Waals surface area contributed by atoms with Crippen molar-refractivity contribution in [1.29, 1.82) is 0 Å². The molecule has 0 aromatic heterocycles. The molecule has 1 aliphatic heterocycles. The number of anilines is 1. The van der Waals surface area contributed by atoms with Crippen LogP contribution in [-0.4, -0.2) is 42.8 Å². The number of carbonyl (C=O) groups is 2. The highest BCUT2D eigenvalue weighted by Crippen LogP contribution is 2.23. The molecule has 1 fully saturated rings. The summed E-state index contributed by atoms with van der Waals surface area (Å²) in [6, 6.07) is 15.9. The maximum Gasteiger partial charge on any atom is 0.238 e. The number of amides is 1. The molecule has 1 unspecified atom stereocenters. The lowest BCUT2D eigenvalue weighted by Crippen LogP contribution is -2.48. The van der Waals surface area contributed by atoms with Crippen LogP contribution in [0.15, 0.2) is 48.5 Å². The van der Waals surface area contributed by atoms with Gasteiger partial charge >= 0.3 is 0 Å². The van der Waals surface area contributed by atoms with E-state index in [0.717, 1.165) is 26.1 Å². The van der Waals surface area contributed by atoms with Crippen molar-refractivity contribution in [2.24, 2.45) is 0 Å². The Kier molecular flexibility index (Phi) is 8.18. The van der Waals surface area contributed by atoms with Crippen molar-refractivity contribution in [3.05, 3.63) is 65.2 Å². The van der Waals surface area contributed by atoms with Gasteiger partial charge in [0.1, 0.15) is 0 Å². The van der Waals surface area contributed by atoms with E-state index >= 15 is 0 Å². The fraction of sp³-hybridized carbons (Fsp3) is 0.364. The summed E-state index contributed by atoms with van der Waals surface area (Å²) in [6.07, 6.45) is 1.02. The number of piperazine rings is 1. The number of Topliss-reactive ketones (excluding diaryl/α,β-unsaturated/α-hetero) is 1. The minimum Gasteiger partial charge on any atom is -0.325 e. The Labute approximate surface area is 172 Å². The molecule has 6 heteroatoms. The molecule has 1 saturated heterocycles.